The van der Waals surface area contributed by atoms with Gasteiger partial charge in [-0.2, -0.15) is 0 Å². The molecular formula is C7H10N2. The minimum atomic E-state index is 0.968. The maximum absolute atomic E-state index is 3.84. The van der Waals surface area contributed by atoms with E-state index in [2.05, 4.69) is 23.6 Å². The van der Waals surface area contributed by atoms with Gasteiger partial charge in [-0.15, -0.1) is 0 Å². The molecule has 2 nitrogen and oxygen atoms in total. The van der Waals surface area contributed by atoms with Crippen LogP contribution in [-0.4, -0.2) is 13.3 Å². The Hall–Kier alpha value is -1.05. The second-order valence-electron chi connectivity index (χ2n) is 1.90. The highest BCUT2D eigenvalue weighted by molar-refractivity contribution is 5.35. The molecule has 1 aliphatic heterocycles. The van der Waals surface area contributed by atoms with E-state index in [-0.39, 0.29) is 0 Å². The van der Waals surface area contributed by atoms with Crippen molar-refractivity contribution in [2.75, 3.05) is 6.54 Å². The standard InChI is InChI=1S/C7H10N2/c1-3-6-7(8-2)4-5-9-6/h3,9H,1-2,4-5H2. The average molecular weight is 122 g/mol. The van der Waals surface area contributed by atoms with Gasteiger partial charge in [-0.1, -0.05) is 6.58 Å². The van der Waals surface area contributed by atoms with Crippen molar-refractivity contribution in [2.24, 2.45) is 4.99 Å². The Kier molecular flexibility index (Phi) is 1.68. The van der Waals surface area contributed by atoms with Crippen LogP contribution in [0.1, 0.15) is 6.42 Å². The minimum Gasteiger partial charge on any atom is -0.383 e. The summed E-state index contributed by atoms with van der Waals surface area (Å²) in [4.78, 5) is 3.84. The van der Waals surface area contributed by atoms with Gasteiger partial charge in [0.25, 0.3) is 0 Å². The molecule has 0 amide bonds. The molecule has 0 unspecified atom stereocenters. The highest BCUT2D eigenvalue weighted by Gasteiger charge is 2.07. The average Bonchev–Trinajstić information content (AvgIpc) is 2.33. The zero-order chi connectivity index (χ0) is 6.69. The molecule has 0 aromatic rings. The van der Waals surface area contributed by atoms with Crippen LogP contribution in [0.3, 0.4) is 0 Å². The topological polar surface area (TPSA) is 24.4 Å². The fourth-order valence-corrected chi connectivity index (χ4v) is 0.906. The molecule has 1 aliphatic rings. The smallest absolute Gasteiger partial charge is 0.0644 e. The Morgan fingerprint density at radius 2 is 2.44 bits per heavy atom. The third kappa shape index (κ3) is 1.02. The van der Waals surface area contributed by atoms with Crippen LogP contribution in [0, 0.1) is 0 Å². The molecule has 0 spiro atoms. The first kappa shape index (κ1) is 6.08. The summed E-state index contributed by atoms with van der Waals surface area (Å²) in [5.41, 5.74) is 2.06. The fourth-order valence-electron chi connectivity index (χ4n) is 0.906. The zero-order valence-corrected chi connectivity index (χ0v) is 5.35. The molecule has 0 aliphatic carbocycles. The Morgan fingerprint density at radius 3 is 2.89 bits per heavy atom. The van der Waals surface area contributed by atoms with Gasteiger partial charge in [-0.3, -0.25) is 4.99 Å². The first-order valence-corrected chi connectivity index (χ1v) is 2.94. The van der Waals surface area contributed by atoms with Crippen molar-refractivity contribution in [2.45, 2.75) is 6.42 Å². The van der Waals surface area contributed by atoms with E-state index < -0.39 is 0 Å². The first-order chi connectivity index (χ1) is 4.38. The molecule has 1 rings (SSSR count). The molecule has 0 fully saturated rings. The van der Waals surface area contributed by atoms with Crippen molar-refractivity contribution >= 4 is 6.72 Å². The molecule has 0 saturated heterocycles. The summed E-state index contributed by atoms with van der Waals surface area (Å²) in [6, 6.07) is 0. The predicted molar refractivity (Wildman–Crippen MR) is 39.4 cm³/mol. The van der Waals surface area contributed by atoms with Crippen molar-refractivity contribution in [3.8, 4) is 0 Å². The Bertz CT molecular complexity index is 150. The van der Waals surface area contributed by atoms with Crippen LogP contribution in [0.2, 0.25) is 0 Å². The first-order valence-electron chi connectivity index (χ1n) is 2.94. The monoisotopic (exact) mass is 122 g/mol. The minimum absolute atomic E-state index is 0.968. The fraction of sp³-hybridized carbons (Fsp3) is 0.286. The molecule has 0 aromatic heterocycles. The number of nitrogens with one attached hydrogen (secondary N) is 1. The summed E-state index contributed by atoms with van der Waals surface area (Å²) in [5, 5.41) is 3.14. The predicted octanol–water partition coefficient (Wildman–Crippen LogP) is 1.08. The van der Waals surface area contributed by atoms with E-state index in [1.54, 1.807) is 6.08 Å². The molecule has 2 heteroatoms. The van der Waals surface area contributed by atoms with Gasteiger partial charge < -0.3 is 5.32 Å². The second-order valence-corrected chi connectivity index (χ2v) is 1.90. The Labute approximate surface area is 55.0 Å². The van der Waals surface area contributed by atoms with E-state index in [0.29, 0.717) is 0 Å². The number of aliphatic imine (C=N–C) groups is 1. The third-order valence-corrected chi connectivity index (χ3v) is 1.38. The summed E-state index contributed by atoms with van der Waals surface area (Å²) in [6.45, 7) is 8.05. The van der Waals surface area contributed by atoms with Crippen molar-refractivity contribution in [1.82, 2.24) is 5.32 Å². The SMILES string of the molecule is C=CC1=C(N=C)CCN1. The molecule has 0 radical (unpaired) electrons. The lowest BCUT2D eigenvalue weighted by Crippen LogP contribution is -2.04. The van der Waals surface area contributed by atoms with Gasteiger partial charge in [0.2, 0.25) is 0 Å². The summed E-state index contributed by atoms with van der Waals surface area (Å²) < 4.78 is 0. The van der Waals surface area contributed by atoms with Crippen molar-refractivity contribution in [3.63, 3.8) is 0 Å². The molecule has 0 atom stereocenters. The highest BCUT2D eigenvalue weighted by Crippen LogP contribution is 2.13. The Morgan fingerprint density at radius 1 is 1.67 bits per heavy atom. The van der Waals surface area contributed by atoms with Gasteiger partial charge in [0.1, 0.15) is 0 Å². The number of hydrogen-bond donors (Lipinski definition) is 1. The van der Waals surface area contributed by atoms with E-state index >= 15 is 0 Å². The molecule has 0 bridgehead atoms. The lowest BCUT2D eigenvalue weighted by atomic mass is 10.3. The van der Waals surface area contributed by atoms with Gasteiger partial charge in [0.15, 0.2) is 0 Å². The molecule has 48 valence electrons. The zero-order valence-electron chi connectivity index (χ0n) is 5.35. The molecule has 1 heterocycles. The van der Waals surface area contributed by atoms with Crippen LogP contribution in [0.4, 0.5) is 0 Å². The van der Waals surface area contributed by atoms with Crippen LogP contribution < -0.4 is 5.32 Å². The molecule has 9 heavy (non-hydrogen) atoms. The molecule has 0 saturated carbocycles. The summed E-state index contributed by atoms with van der Waals surface area (Å²) >= 11 is 0. The van der Waals surface area contributed by atoms with E-state index in [0.717, 1.165) is 24.4 Å². The molecular weight excluding hydrogens is 112 g/mol. The second kappa shape index (κ2) is 2.49. The summed E-state index contributed by atoms with van der Waals surface area (Å²) in [5.74, 6) is 0. The van der Waals surface area contributed by atoms with Gasteiger partial charge in [-0.05, 0) is 12.8 Å². The maximum Gasteiger partial charge on any atom is 0.0644 e. The quantitative estimate of drug-likeness (QED) is 0.544. The summed E-state index contributed by atoms with van der Waals surface area (Å²) in [6.07, 6.45) is 2.75. The molecule has 0 aromatic carbocycles. The maximum atomic E-state index is 3.84. The lowest BCUT2D eigenvalue weighted by molar-refractivity contribution is 0.885. The van der Waals surface area contributed by atoms with Gasteiger partial charge in [0, 0.05) is 13.0 Å². The lowest BCUT2D eigenvalue weighted by Gasteiger charge is -1.93. The highest BCUT2D eigenvalue weighted by atomic mass is 14.9. The molecule has 1 N–H and O–H groups in total. The van der Waals surface area contributed by atoms with Crippen LogP contribution in [0.25, 0.3) is 0 Å². The number of nitrogens with zero attached hydrogens (tertiary/aromatic N) is 1. The number of rotatable bonds is 2. The van der Waals surface area contributed by atoms with E-state index in [9.17, 15) is 0 Å². The van der Waals surface area contributed by atoms with E-state index in [4.69, 9.17) is 0 Å². The third-order valence-electron chi connectivity index (χ3n) is 1.38. The van der Waals surface area contributed by atoms with Gasteiger partial charge >= 0.3 is 0 Å². The summed E-state index contributed by atoms with van der Waals surface area (Å²) in [7, 11) is 0. The van der Waals surface area contributed by atoms with Crippen LogP contribution in [0.5, 0.6) is 0 Å². The number of allylic oxidation sites excluding steroid dienone is 1. The van der Waals surface area contributed by atoms with Crippen molar-refractivity contribution < 1.29 is 0 Å². The van der Waals surface area contributed by atoms with Crippen molar-refractivity contribution in [3.05, 3.63) is 24.0 Å². The van der Waals surface area contributed by atoms with Crippen LogP contribution >= 0.6 is 0 Å². The van der Waals surface area contributed by atoms with Gasteiger partial charge in [-0.25, -0.2) is 0 Å². The van der Waals surface area contributed by atoms with E-state index in [1.807, 2.05) is 0 Å². The largest absolute Gasteiger partial charge is 0.383 e. The van der Waals surface area contributed by atoms with Crippen LogP contribution in [-0.2, 0) is 0 Å². The van der Waals surface area contributed by atoms with Crippen molar-refractivity contribution in [1.29, 1.82) is 0 Å². The van der Waals surface area contributed by atoms with Gasteiger partial charge in [0.05, 0.1) is 11.4 Å². The normalized spacial score (nSPS) is 17.3. The van der Waals surface area contributed by atoms with Crippen LogP contribution in [0.15, 0.2) is 29.0 Å². The number of hydrogen-bond acceptors (Lipinski definition) is 2. The Balaban J connectivity index is 2.81. The van der Waals surface area contributed by atoms with E-state index in [1.165, 1.54) is 0 Å².